The fourth-order valence-corrected chi connectivity index (χ4v) is 2.72. The number of hydrogen-bond donors (Lipinski definition) is 1. The number of piperidine rings is 1. The van der Waals surface area contributed by atoms with Gasteiger partial charge >= 0.3 is 0 Å². The Bertz CT molecular complexity index is 417. The Morgan fingerprint density at radius 3 is 2.79 bits per heavy atom. The zero-order valence-corrected chi connectivity index (χ0v) is 11.8. The molecule has 1 fully saturated rings. The molecule has 1 saturated heterocycles. The first-order chi connectivity index (χ1) is 9.19. The number of aliphatic hydroxyl groups is 1. The molecule has 19 heavy (non-hydrogen) atoms. The first-order valence-corrected chi connectivity index (χ1v) is 7.20. The molecule has 0 spiro atoms. The van der Waals surface area contributed by atoms with Crippen LogP contribution in [0.4, 0.5) is 0 Å². The first kappa shape index (κ1) is 14.4. The highest BCUT2D eigenvalue weighted by Gasteiger charge is 2.23. The number of halogens is 1. The van der Waals surface area contributed by atoms with Crippen molar-refractivity contribution in [1.82, 2.24) is 4.90 Å². The van der Waals surface area contributed by atoms with Gasteiger partial charge in [0.25, 0.3) is 0 Å². The van der Waals surface area contributed by atoms with Crippen molar-refractivity contribution in [2.24, 2.45) is 5.92 Å². The number of benzene rings is 1. The summed E-state index contributed by atoms with van der Waals surface area (Å²) in [5.41, 5.74) is 0.999. The van der Waals surface area contributed by atoms with Gasteiger partial charge in [-0.25, -0.2) is 0 Å². The van der Waals surface area contributed by atoms with Gasteiger partial charge in [0.05, 0.1) is 6.42 Å². The van der Waals surface area contributed by atoms with Gasteiger partial charge in [-0.2, -0.15) is 0 Å². The molecule has 1 amide bonds. The van der Waals surface area contributed by atoms with E-state index in [1.807, 2.05) is 29.2 Å². The fourth-order valence-electron chi connectivity index (χ4n) is 2.60. The van der Waals surface area contributed by atoms with Crippen LogP contribution in [0.15, 0.2) is 24.3 Å². The minimum Gasteiger partial charge on any atom is -0.396 e. The molecule has 1 heterocycles. The Labute approximate surface area is 119 Å². The Morgan fingerprint density at radius 1 is 1.37 bits per heavy atom. The number of carbonyl (C=O) groups is 1. The monoisotopic (exact) mass is 281 g/mol. The number of carbonyl (C=O) groups excluding carboxylic acids is 1. The van der Waals surface area contributed by atoms with Crippen molar-refractivity contribution < 1.29 is 9.90 Å². The molecule has 3 nitrogen and oxygen atoms in total. The Kier molecular flexibility index (Phi) is 5.23. The molecule has 0 radical (unpaired) electrons. The maximum atomic E-state index is 12.2. The molecule has 1 aliphatic heterocycles. The van der Waals surface area contributed by atoms with Crippen molar-refractivity contribution >= 4 is 17.5 Å². The van der Waals surface area contributed by atoms with E-state index in [4.69, 9.17) is 16.7 Å². The maximum absolute atomic E-state index is 12.2. The second-order valence-electron chi connectivity index (χ2n) is 5.16. The van der Waals surface area contributed by atoms with Crippen LogP contribution in [0.25, 0.3) is 0 Å². The van der Waals surface area contributed by atoms with Crippen LogP contribution >= 0.6 is 11.6 Å². The van der Waals surface area contributed by atoms with Crippen LogP contribution in [-0.2, 0) is 11.2 Å². The third kappa shape index (κ3) is 4.22. The molecule has 0 saturated carbocycles. The molecular formula is C15H20ClNO2. The van der Waals surface area contributed by atoms with Gasteiger partial charge in [0.2, 0.25) is 5.91 Å². The molecule has 0 aromatic heterocycles. The minimum atomic E-state index is 0.171. The first-order valence-electron chi connectivity index (χ1n) is 6.82. The third-order valence-corrected chi connectivity index (χ3v) is 3.93. The number of rotatable bonds is 4. The summed E-state index contributed by atoms with van der Waals surface area (Å²) in [7, 11) is 0. The lowest BCUT2D eigenvalue weighted by Crippen LogP contribution is -2.40. The van der Waals surface area contributed by atoms with Crippen molar-refractivity contribution in [3.8, 4) is 0 Å². The van der Waals surface area contributed by atoms with Crippen LogP contribution in [0.1, 0.15) is 24.8 Å². The summed E-state index contributed by atoms with van der Waals surface area (Å²) in [5, 5.41) is 9.68. The van der Waals surface area contributed by atoms with E-state index in [9.17, 15) is 4.79 Å². The molecule has 1 aliphatic rings. The third-order valence-electron chi connectivity index (χ3n) is 3.68. The number of hydrogen-bond acceptors (Lipinski definition) is 2. The second-order valence-corrected chi connectivity index (χ2v) is 5.60. The SMILES string of the molecule is O=C(Cc1ccc(Cl)cc1)N1CCCC(CCO)C1. The van der Waals surface area contributed by atoms with Crippen LogP contribution in [0.5, 0.6) is 0 Å². The standard InChI is InChI=1S/C15H20ClNO2/c16-14-5-3-12(4-6-14)10-15(19)17-8-1-2-13(11-17)7-9-18/h3-6,13,18H,1-2,7-11H2. The van der Waals surface area contributed by atoms with Crippen molar-refractivity contribution in [1.29, 1.82) is 0 Å². The number of likely N-dealkylation sites (tertiary alicyclic amines) is 1. The molecule has 1 N–H and O–H groups in total. The van der Waals surface area contributed by atoms with Crippen LogP contribution in [0.3, 0.4) is 0 Å². The summed E-state index contributed by atoms with van der Waals surface area (Å²) in [6.07, 6.45) is 3.38. The second kappa shape index (κ2) is 6.92. The predicted octanol–water partition coefficient (Wildman–Crippen LogP) is 2.50. The number of nitrogens with zero attached hydrogens (tertiary/aromatic N) is 1. The van der Waals surface area contributed by atoms with Crippen LogP contribution in [0, 0.1) is 5.92 Å². The Balaban J connectivity index is 1.90. The molecular weight excluding hydrogens is 262 g/mol. The molecule has 4 heteroatoms. The molecule has 104 valence electrons. The van der Waals surface area contributed by atoms with Crippen molar-refractivity contribution in [3.63, 3.8) is 0 Å². The van der Waals surface area contributed by atoms with Gasteiger partial charge < -0.3 is 10.0 Å². The van der Waals surface area contributed by atoms with Gasteiger partial charge in [0.1, 0.15) is 0 Å². The average molecular weight is 282 g/mol. The van der Waals surface area contributed by atoms with Crippen LogP contribution in [0.2, 0.25) is 5.02 Å². The van der Waals surface area contributed by atoms with Gasteiger partial charge in [-0.15, -0.1) is 0 Å². The molecule has 1 atom stereocenters. The van der Waals surface area contributed by atoms with E-state index in [1.54, 1.807) is 0 Å². The average Bonchev–Trinajstić information content (AvgIpc) is 2.42. The lowest BCUT2D eigenvalue weighted by atomic mass is 9.95. The highest BCUT2D eigenvalue weighted by atomic mass is 35.5. The van der Waals surface area contributed by atoms with Gasteiger partial charge in [0.15, 0.2) is 0 Å². The van der Waals surface area contributed by atoms with Gasteiger partial charge in [0, 0.05) is 24.7 Å². The summed E-state index contributed by atoms with van der Waals surface area (Å²) in [5.74, 6) is 0.623. The quantitative estimate of drug-likeness (QED) is 0.921. The Morgan fingerprint density at radius 2 is 2.11 bits per heavy atom. The molecule has 1 aromatic rings. The summed E-state index contributed by atoms with van der Waals surface area (Å²) >= 11 is 5.83. The van der Waals surface area contributed by atoms with E-state index in [0.717, 1.165) is 37.9 Å². The zero-order chi connectivity index (χ0) is 13.7. The summed E-state index contributed by atoms with van der Waals surface area (Å²) in [6, 6.07) is 7.43. The van der Waals surface area contributed by atoms with E-state index in [0.29, 0.717) is 17.4 Å². The highest BCUT2D eigenvalue weighted by Crippen LogP contribution is 2.20. The smallest absolute Gasteiger partial charge is 0.226 e. The predicted molar refractivity (Wildman–Crippen MR) is 76.2 cm³/mol. The van der Waals surface area contributed by atoms with E-state index in [1.165, 1.54) is 0 Å². The molecule has 2 rings (SSSR count). The molecule has 0 bridgehead atoms. The largest absolute Gasteiger partial charge is 0.396 e. The van der Waals surface area contributed by atoms with Crippen molar-refractivity contribution in [2.45, 2.75) is 25.7 Å². The van der Waals surface area contributed by atoms with E-state index in [-0.39, 0.29) is 12.5 Å². The van der Waals surface area contributed by atoms with E-state index in [2.05, 4.69) is 0 Å². The zero-order valence-electron chi connectivity index (χ0n) is 11.0. The molecule has 1 unspecified atom stereocenters. The number of amides is 1. The Hall–Kier alpha value is -1.06. The topological polar surface area (TPSA) is 40.5 Å². The number of aliphatic hydroxyl groups excluding tert-OH is 1. The highest BCUT2D eigenvalue weighted by molar-refractivity contribution is 6.30. The normalized spacial score (nSPS) is 19.5. The molecule has 1 aromatic carbocycles. The molecule has 0 aliphatic carbocycles. The van der Waals surface area contributed by atoms with E-state index < -0.39 is 0 Å². The summed E-state index contributed by atoms with van der Waals surface area (Å²) < 4.78 is 0. The summed E-state index contributed by atoms with van der Waals surface area (Å²) in [6.45, 7) is 1.84. The van der Waals surface area contributed by atoms with Crippen LogP contribution in [-0.4, -0.2) is 35.6 Å². The van der Waals surface area contributed by atoms with Gasteiger partial charge in [-0.05, 0) is 42.9 Å². The lowest BCUT2D eigenvalue weighted by molar-refractivity contribution is -0.132. The van der Waals surface area contributed by atoms with Gasteiger partial charge in [-0.1, -0.05) is 23.7 Å². The van der Waals surface area contributed by atoms with E-state index >= 15 is 0 Å². The fraction of sp³-hybridized carbons (Fsp3) is 0.533. The van der Waals surface area contributed by atoms with Crippen molar-refractivity contribution in [2.75, 3.05) is 19.7 Å². The summed E-state index contributed by atoms with van der Waals surface area (Å²) in [4.78, 5) is 14.2. The maximum Gasteiger partial charge on any atom is 0.226 e. The minimum absolute atomic E-state index is 0.171. The van der Waals surface area contributed by atoms with Crippen LogP contribution < -0.4 is 0 Å². The van der Waals surface area contributed by atoms with Crippen molar-refractivity contribution in [3.05, 3.63) is 34.9 Å². The lowest BCUT2D eigenvalue weighted by Gasteiger charge is -2.32. The van der Waals surface area contributed by atoms with Gasteiger partial charge in [-0.3, -0.25) is 4.79 Å².